The van der Waals surface area contributed by atoms with Gasteiger partial charge in [0.05, 0.1) is 19.8 Å². The highest BCUT2D eigenvalue weighted by molar-refractivity contribution is 6.30. The molecule has 2 aromatic rings. The molecule has 2 heterocycles. The summed E-state index contributed by atoms with van der Waals surface area (Å²) in [7, 11) is 1.52. The molecular weight excluding hydrogens is 376 g/mol. The van der Waals surface area contributed by atoms with Crippen LogP contribution in [0.1, 0.15) is 28.1 Å². The van der Waals surface area contributed by atoms with E-state index in [0.29, 0.717) is 35.5 Å². The molecule has 1 unspecified atom stereocenters. The number of rotatable bonds is 6. The predicted molar refractivity (Wildman–Crippen MR) is 94.1 cm³/mol. The monoisotopic (exact) mass is 394 g/mol. The van der Waals surface area contributed by atoms with Crippen LogP contribution in [0.15, 0.2) is 28.8 Å². The Kier molecular flexibility index (Phi) is 6.38. The molecule has 1 saturated heterocycles. The van der Waals surface area contributed by atoms with Crippen LogP contribution in [0.3, 0.4) is 0 Å². The van der Waals surface area contributed by atoms with Crippen LogP contribution in [0, 0.1) is 0 Å². The van der Waals surface area contributed by atoms with E-state index < -0.39 is 6.04 Å². The Morgan fingerprint density at radius 2 is 2.30 bits per heavy atom. The van der Waals surface area contributed by atoms with E-state index in [0.717, 1.165) is 0 Å². The normalized spacial score (nSPS) is 17.0. The molecule has 9 nitrogen and oxygen atoms in total. The molecule has 0 bridgehead atoms. The average Bonchev–Trinajstić information content (AvgIpc) is 3.14. The van der Waals surface area contributed by atoms with Crippen molar-refractivity contribution in [2.24, 2.45) is 0 Å². The summed E-state index contributed by atoms with van der Waals surface area (Å²) in [5, 5.41) is 6.96. The van der Waals surface area contributed by atoms with Crippen LogP contribution in [-0.2, 0) is 20.9 Å². The van der Waals surface area contributed by atoms with Gasteiger partial charge in [-0.25, -0.2) is 0 Å². The summed E-state index contributed by atoms with van der Waals surface area (Å²) in [5.74, 6) is 0.0189. The Balaban J connectivity index is 1.63. The van der Waals surface area contributed by atoms with Gasteiger partial charge in [0.2, 0.25) is 5.91 Å². The second-order valence-corrected chi connectivity index (χ2v) is 6.29. The maximum atomic E-state index is 12.6. The van der Waals surface area contributed by atoms with E-state index in [1.165, 1.54) is 13.2 Å². The minimum atomic E-state index is -0.483. The number of hydrogen-bond donors (Lipinski definition) is 1. The largest absolute Gasteiger partial charge is 0.377 e. The number of nitrogens with zero attached hydrogens (tertiary/aromatic N) is 3. The number of carbonyl (C=O) groups excluding carboxylic acids is 2. The van der Waals surface area contributed by atoms with Gasteiger partial charge in [0, 0.05) is 24.2 Å². The van der Waals surface area contributed by atoms with Gasteiger partial charge < -0.3 is 24.2 Å². The highest BCUT2D eigenvalue weighted by Gasteiger charge is 2.32. The van der Waals surface area contributed by atoms with E-state index in [2.05, 4.69) is 15.5 Å². The molecule has 144 valence electrons. The number of halogens is 1. The van der Waals surface area contributed by atoms with Gasteiger partial charge in [-0.1, -0.05) is 22.8 Å². The van der Waals surface area contributed by atoms with Crippen LogP contribution in [0.25, 0.3) is 0 Å². The van der Waals surface area contributed by atoms with Crippen molar-refractivity contribution in [2.75, 3.05) is 33.4 Å². The van der Waals surface area contributed by atoms with Crippen molar-refractivity contribution >= 4 is 23.4 Å². The van der Waals surface area contributed by atoms with E-state index >= 15 is 0 Å². The van der Waals surface area contributed by atoms with E-state index in [9.17, 15) is 9.59 Å². The first-order chi connectivity index (χ1) is 13.1. The summed E-state index contributed by atoms with van der Waals surface area (Å²) in [5.41, 5.74) is 0.385. The zero-order chi connectivity index (χ0) is 19.2. The molecule has 0 saturated carbocycles. The molecule has 27 heavy (non-hydrogen) atoms. The standard InChI is InChI=1S/C17H19ClN4O5/c1-25-10-14-20-16(21-27-14)13-9-26-6-5-22(13)15(23)8-19-17(24)11-3-2-4-12(18)7-11/h2-4,7,13H,5-6,8-10H2,1H3,(H,19,24). The van der Waals surface area contributed by atoms with Crippen LogP contribution in [0.4, 0.5) is 0 Å². The number of methoxy groups -OCH3 is 1. The van der Waals surface area contributed by atoms with Gasteiger partial charge in [0.1, 0.15) is 12.6 Å². The molecule has 1 aliphatic rings. The molecule has 1 N–H and O–H groups in total. The maximum Gasteiger partial charge on any atom is 0.252 e. The fourth-order valence-corrected chi connectivity index (χ4v) is 2.88. The summed E-state index contributed by atoms with van der Waals surface area (Å²) in [6.07, 6.45) is 0. The second kappa shape index (κ2) is 8.94. The SMILES string of the molecule is COCc1nc(C2COCCN2C(=O)CNC(=O)c2cccc(Cl)c2)no1. The fourth-order valence-electron chi connectivity index (χ4n) is 2.69. The Labute approximate surface area is 160 Å². The zero-order valence-electron chi connectivity index (χ0n) is 14.7. The third-order valence-electron chi connectivity index (χ3n) is 3.99. The minimum absolute atomic E-state index is 0.162. The van der Waals surface area contributed by atoms with Gasteiger partial charge in [-0.15, -0.1) is 0 Å². The molecule has 1 fully saturated rings. The van der Waals surface area contributed by atoms with Gasteiger partial charge in [0.25, 0.3) is 11.8 Å². The van der Waals surface area contributed by atoms with Crippen molar-refractivity contribution in [3.8, 4) is 0 Å². The quantitative estimate of drug-likeness (QED) is 0.784. The van der Waals surface area contributed by atoms with Crippen molar-refractivity contribution in [3.63, 3.8) is 0 Å². The maximum absolute atomic E-state index is 12.6. The summed E-state index contributed by atoms with van der Waals surface area (Å²) in [6, 6.07) is 6.02. The molecule has 2 amide bonds. The number of amides is 2. The van der Waals surface area contributed by atoms with Crippen LogP contribution in [0.5, 0.6) is 0 Å². The van der Waals surface area contributed by atoms with E-state index in [1.54, 1.807) is 23.1 Å². The van der Waals surface area contributed by atoms with Gasteiger partial charge >= 0.3 is 0 Å². The summed E-state index contributed by atoms with van der Waals surface area (Å²) in [4.78, 5) is 30.6. The number of carbonyl (C=O) groups is 2. The van der Waals surface area contributed by atoms with Crippen molar-refractivity contribution in [2.45, 2.75) is 12.6 Å². The van der Waals surface area contributed by atoms with Crippen molar-refractivity contribution < 1.29 is 23.6 Å². The molecule has 0 spiro atoms. The predicted octanol–water partition coefficient (Wildman–Crippen LogP) is 1.20. The first kappa shape index (κ1) is 19.3. The van der Waals surface area contributed by atoms with E-state index in [4.69, 9.17) is 25.6 Å². The number of nitrogens with one attached hydrogen (secondary N) is 1. The molecule has 1 aromatic carbocycles. The molecular formula is C17H19ClN4O5. The highest BCUT2D eigenvalue weighted by Crippen LogP contribution is 2.22. The number of hydrogen-bond acceptors (Lipinski definition) is 7. The van der Waals surface area contributed by atoms with Crippen LogP contribution in [0.2, 0.25) is 5.02 Å². The van der Waals surface area contributed by atoms with Gasteiger partial charge in [0.15, 0.2) is 5.82 Å². The summed E-state index contributed by atoms with van der Waals surface area (Å²) < 4.78 is 15.5. The second-order valence-electron chi connectivity index (χ2n) is 5.85. The zero-order valence-corrected chi connectivity index (χ0v) is 15.4. The van der Waals surface area contributed by atoms with Gasteiger partial charge in [-0.05, 0) is 18.2 Å². The number of benzene rings is 1. The first-order valence-corrected chi connectivity index (χ1v) is 8.68. The molecule has 1 aromatic heterocycles. The molecule has 3 rings (SSSR count). The molecule has 1 atom stereocenters. The topological polar surface area (TPSA) is 107 Å². The van der Waals surface area contributed by atoms with Gasteiger partial charge in [-0.2, -0.15) is 4.98 Å². The van der Waals surface area contributed by atoms with Crippen molar-refractivity contribution in [1.29, 1.82) is 0 Å². The van der Waals surface area contributed by atoms with Crippen molar-refractivity contribution in [1.82, 2.24) is 20.4 Å². The molecule has 10 heteroatoms. The number of aromatic nitrogens is 2. The summed E-state index contributed by atoms with van der Waals surface area (Å²) >= 11 is 5.88. The Morgan fingerprint density at radius 1 is 1.44 bits per heavy atom. The molecule has 0 aliphatic carbocycles. The lowest BCUT2D eigenvalue weighted by atomic mass is 10.2. The van der Waals surface area contributed by atoms with E-state index in [-0.39, 0.29) is 31.6 Å². The van der Waals surface area contributed by atoms with Crippen LogP contribution < -0.4 is 5.32 Å². The average molecular weight is 395 g/mol. The first-order valence-electron chi connectivity index (χ1n) is 8.31. The smallest absolute Gasteiger partial charge is 0.252 e. The third kappa shape index (κ3) is 4.82. The van der Waals surface area contributed by atoms with Crippen LogP contribution in [-0.4, -0.2) is 60.3 Å². The number of morpholine rings is 1. The van der Waals surface area contributed by atoms with Crippen molar-refractivity contribution in [3.05, 3.63) is 46.6 Å². The lowest BCUT2D eigenvalue weighted by Gasteiger charge is -2.33. The molecule has 0 radical (unpaired) electrons. The lowest BCUT2D eigenvalue weighted by Crippen LogP contribution is -2.47. The number of ether oxygens (including phenoxy) is 2. The summed E-state index contributed by atoms with van der Waals surface area (Å²) in [6.45, 7) is 1.03. The minimum Gasteiger partial charge on any atom is -0.377 e. The molecule has 1 aliphatic heterocycles. The Bertz CT molecular complexity index is 812. The Morgan fingerprint density at radius 3 is 3.07 bits per heavy atom. The lowest BCUT2D eigenvalue weighted by molar-refractivity contribution is -0.139. The fraction of sp³-hybridized carbons (Fsp3) is 0.412. The highest BCUT2D eigenvalue weighted by atomic mass is 35.5. The third-order valence-corrected chi connectivity index (χ3v) is 4.22. The van der Waals surface area contributed by atoms with E-state index in [1.807, 2.05) is 0 Å². The van der Waals surface area contributed by atoms with Gasteiger partial charge in [-0.3, -0.25) is 9.59 Å². The van der Waals surface area contributed by atoms with Crippen LogP contribution >= 0.6 is 11.6 Å². The Hall–Kier alpha value is -2.49.